The molecule has 0 unspecified atom stereocenters. The molecular formula is C18H16BrClN4O5S2. The molecule has 1 saturated heterocycles. The molecule has 0 radical (unpaired) electrons. The van der Waals surface area contributed by atoms with E-state index in [1.54, 1.807) is 18.7 Å². The average molecular weight is 548 g/mol. The predicted molar refractivity (Wildman–Crippen MR) is 118 cm³/mol. The van der Waals surface area contributed by atoms with E-state index >= 15 is 0 Å². The van der Waals surface area contributed by atoms with Crippen molar-refractivity contribution in [1.82, 2.24) is 9.71 Å². The molecule has 3 rings (SSSR count). The Hall–Kier alpha value is -2.20. The van der Waals surface area contributed by atoms with Gasteiger partial charge in [-0.3, -0.25) is 4.79 Å². The lowest BCUT2D eigenvalue weighted by atomic mass is 9.98. The minimum absolute atomic E-state index is 0.0764. The maximum atomic E-state index is 12.4. The summed E-state index contributed by atoms with van der Waals surface area (Å²) in [6, 6.07) is 4.73. The molecule has 2 aromatic heterocycles. The molecule has 3 heterocycles. The highest BCUT2D eigenvalue weighted by atomic mass is 79.9. The summed E-state index contributed by atoms with van der Waals surface area (Å²) in [5.41, 5.74) is 0.755. The zero-order valence-corrected chi connectivity index (χ0v) is 20.3. The number of sulfonamides is 1. The fourth-order valence-corrected chi connectivity index (χ4v) is 6.22. The van der Waals surface area contributed by atoms with Gasteiger partial charge in [-0.25, -0.2) is 22.9 Å². The van der Waals surface area contributed by atoms with Crippen molar-refractivity contribution >= 4 is 66.6 Å². The Kier molecular flexibility index (Phi) is 6.90. The Bertz CT molecular complexity index is 1180. The van der Waals surface area contributed by atoms with Gasteiger partial charge in [0.25, 0.3) is 10.0 Å². The summed E-state index contributed by atoms with van der Waals surface area (Å²) in [7, 11) is -4.04. The third kappa shape index (κ3) is 4.85. The fourth-order valence-electron chi connectivity index (χ4n) is 2.87. The van der Waals surface area contributed by atoms with Gasteiger partial charge in [0, 0.05) is 17.6 Å². The topological polar surface area (TPSA) is 129 Å². The van der Waals surface area contributed by atoms with Gasteiger partial charge in [0.05, 0.1) is 29.3 Å². The third-order valence-corrected chi connectivity index (χ3v) is 8.78. The Morgan fingerprint density at radius 2 is 2.13 bits per heavy atom. The minimum atomic E-state index is -4.04. The molecule has 1 N–H and O–H groups in total. The summed E-state index contributed by atoms with van der Waals surface area (Å²) >= 11 is 9.84. The standard InChI is InChI=1S/C18H16BrClN4O5S2/c1-3-29-18(26)12-4-10(6-21)16(22-9(12)2)24-7-11(8-24)17(25)23-31(27,28)14-5-13(19)15(20)30-14/h4-5,11H,3,7-8H2,1-2H3,(H,23,25). The quantitative estimate of drug-likeness (QED) is 0.547. The van der Waals surface area contributed by atoms with Gasteiger partial charge in [0.1, 0.15) is 20.4 Å². The van der Waals surface area contributed by atoms with Crippen LogP contribution in [0, 0.1) is 24.2 Å². The molecule has 31 heavy (non-hydrogen) atoms. The van der Waals surface area contributed by atoms with Gasteiger partial charge in [0.2, 0.25) is 5.91 Å². The lowest BCUT2D eigenvalue weighted by Gasteiger charge is -2.39. The summed E-state index contributed by atoms with van der Waals surface area (Å²) in [6.45, 7) is 3.85. The van der Waals surface area contributed by atoms with Crippen LogP contribution in [0.3, 0.4) is 0 Å². The lowest BCUT2D eigenvalue weighted by molar-refractivity contribution is -0.123. The number of esters is 1. The number of amides is 1. The molecular weight excluding hydrogens is 532 g/mol. The monoisotopic (exact) mass is 546 g/mol. The molecule has 1 aliphatic rings. The van der Waals surface area contributed by atoms with Crippen LogP contribution in [-0.4, -0.2) is 45.0 Å². The molecule has 0 atom stereocenters. The van der Waals surface area contributed by atoms with Crippen LogP contribution in [0.25, 0.3) is 0 Å². The zero-order chi connectivity index (χ0) is 22.9. The van der Waals surface area contributed by atoms with Crippen molar-refractivity contribution in [2.24, 2.45) is 5.92 Å². The first-order valence-electron chi connectivity index (χ1n) is 8.92. The van der Waals surface area contributed by atoms with Crippen LogP contribution in [0.5, 0.6) is 0 Å². The molecule has 0 saturated carbocycles. The number of rotatable bonds is 6. The Morgan fingerprint density at radius 3 is 2.68 bits per heavy atom. The highest BCUT2D eigenvalue weighted by molar-refractivity contribution is 9.10. The van der Waals surface area contributed by atoms with E-state index in [2.05, 4.69) is 25.6 Å². The van der Waals surface area contributed by atoms with Crippen LogP contribution in [0.4, 0.5) is 5.82 Å². The molecule has 9 nitrogen and oxygen atoms in total. The summed E-state index contributed by atoms with van der Waals surface area (Å²) in [6.07, 6.45) is 0. The van der Waals surface area contributed by atoms with Crippen molar-refractivity contribution in [3.8, 4) is 6.07 Å². The SMILES string of the molecule is CCOC(=O)c1cc(C#N)c(N2CC(C(=O)NS(=O)(=O)c3cc(Br)c(Cl)s3)C2)nc1C. The molecule has 1 fully saturated rings. The van der Waals surface area contributed by atoms with E-state index in [0.29, 0.717) is 16.0 Å². The van der Waals surface area contributed by atoms with E-state index in [-0.39, 0.29) is 39.4 Å². The Balaban J connectivity index is 1.70. The lowest BCUT2D eigenvalue weighted by Crippen LogP contribution is -2.55. The van der Waals surface area contributed by atoms with E-state index < -0.39 is 27.8 Å². The molecule has 1 aliphatic heterocycles. The number of pyridine rings is 1. The van der Waals surface area contributed by atoms with Crippen molar-refractivity contribution < 1.29 is 22.7 Å². The number of carbonyl (C=O) groups excluding carboxylic acids is 2. The normalized spacial score (nSPS) is 14.0. The van der Waals surface area contributed by atoms with Crippen LogP contribution in [0.2, 0.25) is 4.34 Å². The molecule has 0 aliphatic carbocycles. The number of nitrogens with zero attached hydrogens (tertiary/aromatic N) is 3. The van der Waals surface area contributed by atoms with Gasteiger partial charge in [-0.2, -0.15) is 5.26 Å². The van der Waals surface area contributed by atoms with Crippen LogP contribution in [0.1, 0.15) is 28.5 Å². The fraction of sp³-hybridized carbons (Fsp3) is 0.333. The van der Waals surface area contributed by atoms with Gasteiger partial charge >= 0.3 is 5.97 Å². The number of ether oxygens (including phenoxy) is 1. The van der Waals surface area contributed by atoms with Gasteiger partial charge in [-0.15, -0.1) is 11.3 Å². The van der Waals surface area contributed by atoms with Gasteiger partial charge in [-0.1, -0.05) is 11.6 Å². The second-order valence-electron chi connectivity index (χ2n) is 6.58. The van der Waals surface area contributed by atoms with Gasteiger partial charge in [0.15, 0.2) is 0 Å². The highest BCUT2D eigenvalue weighted by Gasteiger charge is 2.37. The molecule has 164 valence electrons. The van der Waals surface area contributed by atoms with Crippen molar-refractivity contribution in [1.29, 1.82) is 5.26 Å². The predicted octanol–water partition coefficient (Wildman–Crippen LogP) is 2.86. The van der Waals surface area contributed by atoms with E-state index in [1.807, 2.05) is 6.07 Å². The second-order valence-corrected chi connectivity index (χ2v) is 11.0. The summed E-state index contributed by atoms with van der Waals surface area (Å²) in [4.78, 5) is 30.4. The molecule has 0 bridgehead atoms. The van der Waals surface area contributed by atoms with Crippen molar-refractivity contribution in [3.63, 3.8) is 0 Å². The third-order valence-electron chi connectivity index (χ3n) is 4.48. The number of halogens is 2. The van der Waals surface area contributed by atoms with Crippen LogP contribution in [0.15, 0.2) is 20.8 Å². The van der Waals surface area contributed by atoms with Gasteiger partial charge < -0.3 is 9.64 Å². The van der Waals surface area contributed by atoms with Crippen LogP contribution in [-0.2, 0) is 19.6 Å². The molecule has 0 aromatic carbocycles. The van der Waals surface area contributed by atoms with Crippen LogP contribution >= 0.6 is 38.9 Å². The zero-order valence-electron chi connectivity index (χ0n) is 16.3. The number of anilines is 1. The largest absolute Gasteiger partial charge is 0.462 e. The van der Waals surface area contributed by atoms with E-state index in [0.717, 1.165) is 11.3 Å². The van der Waals surface area contributed by atoms with E-state index in [4.69, 9.17) is 16.3 Å². The Labute approximate surface area is 196 Å². The van der Waals surface area contributed by atoms with Crippen molar-refractivity contribution in [3.05, 3.63) is 37.8 Å². The summed E-state index contributed by atoms with van der Waals surface area (Å²) < 4.78 is 32.4. The van der Waals surface area contributed by atoms with Crippen molar-refractivity contribution in [2.75, 3.05) is 24.6 Å². The minimum Gasteiger partial charge on any atom is -0.462 e. The molecule has 13 heteroatoms. The van der Waals surface area contributed by atoms with E-state index in [1.165, 1.54) is 12.1 Å². The maximum Gasteiger partial charge on any atom is 0.340 e. The first kappa shape index (κ1) is 23.5. The first-order chi connectivity index (χ1) is 14.6. The van der Waals surface area contributed by atoms with Crippen LogP contribution < -0.4 is 9.62 Å². The van der Waals surface area contributed by atoms with Gasteiger partial charge in [-0.05, 0) is 41.9 Å². The number of carbonyl (C=O) groups is 2. The number of nitrogens with one attached hydrogen (secondary N) is 1. The van der Waals surface area contributed by atoms with Crippen molar-refractivity contribution in [2.45, 2.75) is 18.1 Å². The number of hydrogen-bond donors (Lipinski definition) is 1. The number of thiophene rings is 1. The molecule has 2 aromatic rings. The highest BCUT2D eigenvalue weighted by Crippen LogP contribution is 2.35. The van der Waals surface area contributed by atoms with E-state index in [9.17, 15) is 23.3 Å². The number of aryl methyl sites for hydroxylation is 1. The smallest absolute Gasteiger partial charge is 0.340 e. The Morgan fingerprint density at radius 1 is 1.45 bits per heavy atom. The first-order valence-corrected chi connectivity index (χ1v) is 12.4. The average Bonchev–Trinajstić information content (AvgIpc) is 3.00. The molecule has 0 spiro atoms. The summed E-state index contributed by atoms with van der Waals surface area (Å²) in [5, 5.41) is 9.45. The molecule has 1 amide bonds. The number of hydrogen-bond acceptors (Lipinski definition) is 9. The number of aromatic nitrogens is 1. The second kappa shape index (κ2) is 9.12. The number of nitriles is 1. The maximum absolute atomic E-state index is 12.4. The summed E-state index contributed by atoms with van der Waals surface area (Å²) in [5.74, 6) is -1.50.